The minimum atomic E-state index is -0.470. The second kappa shape index (κ2) is 7.11. The Bertz CT molecular complexity index is 881. The largest absolute Gasteiger partial charge is 0.508 e. The number of phenolic OH excluding ortho intramolecular Hbond substituents is 1. The van der Waals surface area contributed by atoms with Gasteiger partial charge in [-0.25, -0.2) is 4.79 Å². The summed E-state index contributed by atoms with van der Waals surface area (Å²) in [5.74, 6) is 0.0845. The number of rotatable bonds is 2. The van der Waals surface area contributed by atoms with Crippen molar-refractivity contribution in [2.24, 2.45) is 0 Å². The molecule has 1 amide bonds. The first-order valence-corrected chi connectivity index (χ1v) is 9.45. The second-order valence-corrected chi connectivity index (χ2v) is 7.24. The van der Waals surface area contributed by atoms with Crippen LogP contribution in [0, 0.1) is 0 Å². The summed E-state index contributed by atoms with van der Waals surface area (Å²) in [7, 11) is 0. The van der Waals surface area contributed by atoms with Gasteiger partial charge in [-0.3, -0.25) is 9.69 Å². The molecule has 26 heavy (non-hydrogen) atoms. The minimum absolute atomic E-state index is 0.0420. The summed E-state index contributed by atoms with van der Waals surface area (Å²) in [6.07, 6.45) is 6.18. The first kappa shape index (κ1) is 17.1. The number of likely N-dealkylation sites (tertiary alicyclic amines) is 1. The fraction of sp³-hybridized carbons (Fsp3) is 0.500. The Labute approximate surface area is 152 Å². The lowest BCUT2D eigenvalue weighted by Crippen LogP contribution is -2.45. The summed E-state index contributed by atoms with van der Waals surface area (Å²) < 4.78 is 5.43. The zero-order chi connectivity index (χ0) is 18.1. The van der Waals surface area contributed by atoms with Crippen LogP contribution in [0.4, 0.5) is 5.69 Å². The number of hydrogen-bond donors (Lipinski definition) is 1. The topological polar surface area (TPSA) is 74.0 Å². The van der Waals surface area contributed by atoms with Crippen LogP contribution in [0.15, 0.2) is 27.4 Å². The highest BCUT2D eigenvalue weighted by Crippen LogP contribution is 2.32. The van der Waals surface area contributed by atoms with Crippen LogP contribution >= 0.6 is 0 Å². The number of aryl methyl sites for hydroxylation is 1. The van der Waals surface area contributed by atoms with Gasteiger partial charge in [-0.15, -0.1) is 0 Å². The summed E-state index contributed by atoms with van der Waals surface area (Å²) in [6, 6.07) is 4.72. The maximum Gasteiger partial charge on any atom is 0.360 e. The van der Waals surface area contributed by atoms with E-state index >= 15 is 0 Å². The van der Waals surface area contributed by atoms with Gasteiger partial charge >= 0.3 is 5.63 Å². The number of carbonyl (C=O) groups excluding carboxylic acids is 1. The maximum atomic E-state index is 13.0. The molecule has 1 saturated heterocycles. The molecule has 2 aromatic rings. The highest BCUT2D eigenvalue weighted by molar-refractivity contribution is 5.98. The van der Waals surface area contributed by atoms with Gasteiger partial charge in [-0.2, -0.15) is 0 Å². The normalized spacial score (nSPS) is 18.5. The summed E-state index contributed by atoms with van der Waals surface area (Å²) in [6.45, 7) is 2.75. The Morgan fingerprint density at radius 2 is 1.85 bits per heavy atom. The lowest BCUT2D eigenvalue weighted by Gasteiger charge is -2.30. The van der Waals surface area contributed by atoms with Crippen molar-refractivity contribution in [2.75, 3.05) is 31.1 Å². The van der Waals surface area contributed by atoms with Crippen molar-refractivity contribution in [2.45, 2.75) is 38.5 Å². The van der Waals surface area contributed by atoms with Crippen molar-refractivity contribution in [3.05, 3.63) is 34.2 Å². The highest BCUT2D eigenvalue weighted by Gasteiger charge is 2.29. The molecule has 0 aliphatic carbocycles. The van der Waals surface area contributed by atoms with Gasteiger partial charge in [0.2, 0.25) is 5.91 Å². The molecule has 3 heterocycles. The fourth-order valence-electron chi connectivity index (χ4n) is 4.11. The standard InChI is InChI=1S/C20H24N2O4/c23-14-7-8-17-16(12-14)15-6-5-11-22(19(15)20(25)26-17)18(24)13-21-9-3-1-2-4-10-21/h7-8,12,23H,1-6,9-11,13H2. The van der Waals surface area contributed by atoms with Gasteiger partial charge in [0.15, 0.2) is 0 Å². The zero-order valence-corrected chi connectivity index (χ0v) is 14.9. The molecule has 0 atom stereocenters. The lowest BCUT2D eigenvalue weighted by atomic mass is 9.98. The van der Waals surface area contributed by atoms with Crippen LogP contribution in [0.5, 0.6) is 5.75 Å². The van der Waals surface area contributed by atoms with Gasteiger partial charge in [-0.05, 0) is 62.5 Å². The van der Waals surface area contributed by atoms with Gasteiger partial charge in [0.25, 0.3) is 0 Å². The van der Waals surface area contributed by atoms with Crippen molar-refractivity contribution >= 4 is 22.6 Å². The van der Waals surface area contributed by atoms with Crippen LogP contribution in [0.1, 0.15) is 37.7 Å². The van der Waals surface area contributed by atoms with Gasteiger partial charge < -0.3 is 14.4 Å². The van der Waals surface area contributed by atoms with E-state index in [-0.39, 0.29) is 11.7 Å². The maximum absolute atomic E-state index is 13.0. The molecule has 0 bridgehead atoms. The first-order valence-electron chi connectivity index (χ1n) is 9.45. The number of phenols is 1. The van der Waals surface area contributed by atoms with Gasteiger partial charge in [-0.1, -0.05) is 12.8 Å². The van der Waals surface area contributed by atoms with E-state index in [2.05, 4.69) is 4.90 Å². The number of nitrogens with zero attached hydrogens (tertiary/aromatic N) is 2. The van der Waals surface area contributed by atoms with E-state index in [1.807, 2.05) is 0 Å². The number of anilines is 1. The number of amides is 1. The van der Waals surface area contributed by atoms with Crippen molar-refractivity contribution < 1.29 is 14.3 Å². The minimum Gasteiger partial charge on any atom is -0.508 e. The zero-order valence-electron chi connectivity index (χ0n) is 14.9. The molecule has 1 aromatic heterocycles. The van der Waals surface area contributed by atoms with Crippen molar-refractivity contribution in [3.63, 3.8) is 0 Å². The molecule has 0 unspecified atom stereocenters. The van der Waals surface area contributed by atoms with Crippen LogP contribution in [0.2, 0.25) is 0 Å². The molecule has 4 rings (SSSR count). The quantitative estimate of drug-likeness (QED) is 0.838. The molecule has 138 valence electrons. The number of fused-ring (bicyclic) bond motifs is 3. The van der Waals surface area contributed by atoms with E-state index in [1.54, 1.807) is 17.0 Å². The van der Waals surface area contributed by atoms with E-state index in [9.17, 15) is 14.7 Å². The SMILES string of the molecule is O=C(CN1CCCCCC1)N1CCCc2c1c(=O)oc1ccc(O)cc21. The van der Waals surface area contributed by atoms with Crippen molar-refractivity contribution in [1.82, 2.24) is 4.90 Å². The highest BCUT2D eigenvalue weighted by atomic mass is 16.4. The molecule has 6 nitrogen and oxygen atoms in total. The summed E-state index contributed by atoms with van der Waals surface area (Å²) >= 11 is 0. The predicted octanol–water partition coefficient (Wildman–Crippen LogP) is 2.65. The summed E-state index contributed by atoms with van der Waals surface area (Å²) in [5, 5.41) is 10.5. The Morgan fingerprint density at radius 1 is 1.08 bits per heavy atom. The average molecular weight is 356 g/mol. The van der Waals surface area contributed by atoms with E-state index < -0.39 is 5.63 Å². The number of aromatic hydroxyl groups is 1. The molecule has 0 saturated carbocycles. The van der Waals surface area contributed by atoms with E-state index in [1.165, 1.54) is 18.9 Å². The van der Waals surface area contributed by atoms with Crippen LogP contribution in [0.25, 0.3) is 11.0 Å². The van der Waals surface area contributed by atoms with Crippen molar-refractivity contribution in [3.8, 4) is 5.75 Å². The smallest absolute Gasteiger partial charge is 0.360 e. The number of hydrogen-bond acceptors (Lipinski definition) is 5. The summed E-state index contributed by atoms with van der Waals surface area (Å²) in [5.41, 5.74) is 1.15. The third-order valence-corrected chi connectivity index (χ3v) is 5.41. The third kappa shape index (κ3) is 3.21. The van der Waals surface area contributed by atoms with E-state index in [0.29, 0.717) is 36.2 Å². The van der Waals surface area contributed by atoms with Crippen LogP contribution < -0.4 is 10.5 Å². The molecular formula is C20H24N2O4. The first-order chi connectivity index (χ1) is 12.6. The average Bonchev–Trinajstić information content (AvgIpc) is 2.90. The molecule has 0 radical (unpaired) electrons. The Kier molecular flexibility index (Phi) is 4.68. The monoisotopic (exact) mass is 356 g/mol. The van der Waals surface area contributed by atoms with E-state index in [0.717, 1.165) is 37.9 Å². The van der Waals surface area contributed by atoms with Crippen LogP contribution in [-0.2, 0) is 11.2 Å². The van der Waals surface area contributed by atoms with Crippen LogP contribution in [0.3, 0.4) is 0 Å². The van der Waals surface area contributed by atoms with Gasteiger partial charge in [0.1, 0.15) is 17.0 Å². The molecule has 0 spiro atoms. The third-order valence-electron chi connectivity index (χ3n) is 5.41. The number of benzene rings is 1. The number of carbonyl (C=O) groups is 1. The molecule has 1 N–H and O–H groups in total. The molecule has 1 aromatic carbocycles. The Hall–Kier alpha value is -2.34. The molecule has 1 fully saturated rings. The Morgan fingerprint density at radius 3 is 2.62 bits per heavy atom. The van der Waals surface area contributed by atoms with E-state index in [4.69, 9.17) is 4.42 Å². The predicted molar refractivity (Wildman–Crippen MR) is 99.7 cm³/mol. The lowest BCUT2D eigenvalue weighted by molar-refractivity contribution is -0.119. The van der Waals surface area contributed by atoms with Crippen LogP contribution in [-0.4, -0.2) is 42.1 Å². The van der Waals surface area contributed by atoms with Gasteiger partial charge in [0.05, 0.1) is 6.54 Å². The molecule has 2 aliphatic heterocycles. The van der Waals surface area contributed by atoms with Crippen molar-refractivity contribution in [1.29, 1.82) is 0 Å². The summed E-state index contributed by atoms with van der Waals surface area (Å²) in [4.78, 5) is 29.3. The van der Waals surface area contributed by atoms with Gasteiger partial charge in [0, 0.05) is 11.9 Å². The Balaban J connectivity index is 1.68. The molecule has 2 aliphatic rings. The molecule has 6 heteroatoms. The molecular weight excluding hydrogens is 332 g/mol. The fourth-order valence-corrected chi connectivity index (χ4v) is 4.11. The second-order valence-electron chi connectivity index (χ2n) is 7.24.